The van der Waals surface area contributed by atoms with Crippen LogP contribution in [0.25, 0.3) is 0 Å². The number of nitrogens with one attached hydrogen (secondary N) is 1. The molecule has 0 aromatic rings. The topological polar surface area (TPSA) is 66.4 Å². The van der Waals surface area contributed by atoms with Crippen molar-refractivity contribution in [3.05, 3.63) is 0 Å². The molecule has 2 fully saturated rings. The van der Waals surface area contributed by atoms with Crippen molar-refractivity contribution in [2.24, 2.45) is 16.2 Å². The predicted molar refractivity (Wildman–Crippen MR) is 111 cm³/mol. The standard InChI is InChI=1S/C10H19NO2.C10H18O.2CH4/c1-9(2,3)8(12)11-7-10(13)5-4-6-10;1-9(2,3)8(11)7-10(4)5-6-10;;/h13H,4-7H2,1-3H3,(H,11,12);5-7H2,1-4H3;2*1H4. The molecule has 0 aromatic heterocycles. The third-order valence-electron chi connectivity index (χ3n) is 5.07. The summed E-state index contributed by atoms with van der Waals surface area (Å²) in [6.45, 7) is 14.2. The maximum Gasteiger partial charge on any atom is 0.225 e. The minimum atomic E-state index is -0.610. The van der Waals surface area contributed by atoms with Crippen LogP contribution in [0.3, 0.4) is 0 Å². The minimum absolute atomic E-state index is 0. The fourth-order valence-electron chi connectivity index (χ4n) is 2.31. The monoisotopic (exact) mass is 371 g/mol. The van der Waals surface area contributed by atoms with E-state index in [9.17, 15) is 14.7 Å². The highest BCUT2D eigenvalue weighted by atomic mass is 16.3. The highest BCUT2D eigenvalue weighted by Crippen LogP contribution is 2.49. The zero-order chi connectivity index (χ0) is 18.8. The van der Waals surface area contributed by atoms with Gasteiger partial charge in [0.15, 0.2) is 0 Å². The Labute approximate surface area is 162 Å². The predicted octanol–water partition coefficient (Wildman–Crippen LogP) is 5.13. The van der Waals surface area contributed by atoms with E-state index in [0.29, 0.717) is 17.7 Å². The van der Waals surface area contributed by atoms with Gasteiger partial charge in [-0.2, -0.15) is 0 Å². The fourth-order valence-corrected chi connectivity index (χ4v) is 2.31. The molecule has 4 heteroatoms. The molecular formula is C22H45NO3. The molecule has 2 rings (SSSR count). The summed E-state index contributed by atoms with van der Waals surface area (Å²) >= 11 is 0. The molecule has 2 N–H and O–H groups in total. The number of ketones is 1. The molecule has 0 radical (unpaired) electrons. The van der Waals surface area contributed by atoms with E-state index in [-0.39, 0.29) is 31.6 Å². The lowest BCUT2D eigenvalue weighted by molar-refractivity contribution is -0.131. The van der Waals surface area contributed by atoms with Gasteiger partial charge < -0.3 is 10.4 Å². The Hall–Kier alpha value is -0.900. The molecule has 2 aliphatic carbocycles. The van der Waals surface area contributed by atoms with E-state index in [4.69, 9.17) is 0 Å². The number of Topliss-reactive ketones (excluding diaryl/α,β-unsaturated/α-hetero) is 1. The Balaban J connectivity index is 0. The van der Waals surface area contributed by atoms with Gasteiger partial charge in [-0.15, -0.1) is 0 Å². The molecule has 0 unspecified atom stereocenters. The van der Waals surface area contributed by atoms with E-state index in [1.54, 1.807) is 0 Å². The summed E-state index contributed by atoms with van der Waals surface area (Å²) in [5.74, 6) is 0.422. The van der Waals surface area contributed by atoms with Crippen LogP contribution in [0.4, 0.5) is 0 Å². The van der Waals surface area contributed by atoms with Crippen LogP contribution in [-0.4, -0.2) is 28.9 Å². The molecule has 2 aliphatic rings. The van der Waals surface area contributed by atoms with Crippen molar-refractivity contribution in [3.8, 4) is 0 Å². The van der Waals surface area contributed by atoms with Gasteiger partial charge in [-0.3, -0.25) is 9.59 Å². The van der Waals surface area contributed by atoms with Gasteiger partial charge in [-0.05, 0) is 37.5 Å². The molecule has 1 amide bonds. The third-order valence-corrected chi connectivity index (χ3v) is 5.07. The first kappa shape index (κ1) is 27.3. The van der Waals surface area contributed by atoms with Crippen molar-refractivity contribution in [1.29, 1.82) is 0 Å². The maximum atomic E-state index is 11.5. The summed E-state index contributed by atoms with van der Waals surface area (Å²) in [4.78, 5) is 22.9. The van der Waals surface area contributed by atoms with Crippen LogP contribution in [-0.2, 0) is 9.59 Å². The van der Waals surface area contributed by atoms with Crippen LogP contribution in [0.1, 0.15) is 102 Å². The van der Waals surface area contributed by atoms with Crippen molar-refractivity contribution < 1.29 is 14.7 Å². The first-order valence-electron chi connectivity index (χ1n) is 9.21. The second kappa shape index (κ2) is 9.34. The van der Waals surface area contributed by atoms with Crippen molar-refractivity contribution in [1.82, 2.24) is 5.32 Å². The van der Waals surface area contributed by atoms with Gasteiger partial charge in [0.25, 0.3) is 0 Å². The third kappa shape index (κ3) is 9.16. The fraction of sp³-hybridized carbons (Fsp3) is 0.909. The Morgan fingerprint density at radius 2 is 1.38 bits per heavy atom. The van der Waals surface area contributed by atoms with Gasteiger partial charge in [-0.1, -0.05) is 63.3 Å². The van der Waals surface area contributed by atoms with Crippen molar-refractivity contribution >= 4 is 11.7 Å². The van der Waals surface area contributed by atoms with E-state index in [1.165, 1.54) is 12.8 Å². The van der Waals surface area contributed by atoms with Crippen LogP contribution in [0.2, 0.25) is 0 Å². The first-order valence-corrected chi connectivity index (χ1v) is 9.21. The molecule has 0 bridgehead atoms. The van der Waals surface area contributed by atoms with Crippen molar-refractivity contribution in [3.63, 3.8) is 0 Å². The minimum Gasteiger partial charge on any atom is -0.388 e. The molecular weight excluding hydrogens is 326 g/mol. The molecule has 0 aliphatic heterocycles. The average Bonchev–Trinajstić information content (AvgIpc) is 3.09. The second-order valence-electron chi connectivity index (χ2n) is 10.2. The summed E-state index contributed by atoms with van der Waals surface area (Å²) in [5, 5.41) is 12.5. The zero-order valence-corrected chi connectivity index (χ0v) is 16.7. The molecule has 26 heavy (non-hydrogen) atoms. The van der Waals surface area contributed by atoms with Crippen LogP contribution in [0.15, 0.2) is 0 Å². The number of carbonyl (C=O) groups is 2. The first-order chi connectivity index (χ1) is 10.7. The Morgan fingerprint density at radius 3 is 1.65 bits per heavy atom. The van der Waals surface area contributed by atoms with Crippen LogP contribution >= 0.6 is 0 Å². The number of carbonyl (C=O) groups excluding carboxylic acids is 2. The van der Waals surface area contributed by atoms with Gasteiger partial charge in [-0.25, -0.2) is 0 Å². The van der Waals surface area contributed by atoms with Gasteiger partial charge in [0.2, 0.25) is 5.91 Å². The largest absolute Gasteiger partial charge is 0.388 e. The Bertz CT molecular complexity index is 461. The van der Waals surface area contributed by atoms with E-state index in [0.717, 1.165) is 25.7 Å². The molecule has 0 atom stereocenters. The van der Waals surface area contributed by atoms with Crippen molar-refractivity contribution in [2.45, 2.75) is 107 Å². The smallest absolute Gasteiger partial charge is 0.225 e. The van der Waals surface area contributed by atoms with Gasteiger partial charge in [0, 0.05) is 23.8 Å². The van der Waals surface area contributed by atoms with E-state index >= 15 is 0 Å². The summed E-state index contributed by atoms with van der Waals surface area (Å²) in [7, 11) is 0. The highest BCUT2D eigenvalue weighted by Gasteiger charge is 2.41. The quantitative estimate of drug-likeness (QED) is 0.720. The second-order valence-corrected chi connectivity index (χ2v) is 10.2. The molecule has 0 heterocycles. The normalized spacial score (nSPS) is 19.4. The lowest BCUT2D eigenvalue weighted by Gasteiger charge is -2.37. The zero-order valence-electron chi connectivity index (χ0n) is 16.7. The maximum absolute atomic E-state index is 11.5. The van der Waals surface area contributed by atoms with E-state index in [1.807, 2.05) is 41.5 Å². The number of hydrogen-bond acceptors (Lipinski definition) is 3. The van der Waals surface area contributed by atoms with Gasteiger partial charge in [0.1, 0.15) is 5.78 Å². The number of hydrogen-bond donors (Lipinski definition) is 2. The van der Waals surface area contributed by atoms with Crippen LogP contribution in [0, 0.1) is 16.2 Å². The van der Waals surface area contributed by atoms with Gasteiger partial charge >= 0.3 is 0 Å². The molecule has 2 saturated carbocycles. The molecule has 0 saturated heterocycles. The number of amides is 1. The molecule has 0 spiro atoms. The van der Waals surface area contributed by atoms with Crippen molar-refractivity contribution in [2.75, 3.05) is 6.54 Å². The van der Waals surface area contributed by atoms with E-state index < -0.39 is 5.60 Å². The number of rotatable bonds is 4. The Morgan fingerprint density at radius 1 is 0.923 bits per heavy atom. The lowest BCUT2D eigenvalue weighted by Crippen LogP contribution is -2.49. The Kier molecular flexibility index (Phi) is 9.82. The summed E-state index contributed by atoms with van der Waals surface area (Å²) in [6.07, 6.45) is 5.98. The number of aliphatic hydroxyl groups is 1. The SMILES string of the molecule is C.C.CC(C)(C)C(=O)NCC1(O)CCC1.CC1(CC(=O)C(C)(C)C)CC1. The summed E-state index contributed by atoms with van der Waals surface area (Å²) < 4.78 is 0. The summed E-state index contributed by atoms with van der Waals surface area (Å²) in [6, 6.07) is 0. The molecule has 156 valence electrons. The van der Waals surface area contributed by atoms with Crippen LogP contribution < -0.4 is 5.32 Å². The molecule has 4 nitrogen and oxygen atoms in total. The molecule has 0 aromatic carbocycles. The van der Waals surface area contributed by atoms with E-state index in [2.05, 4.69) is 12.2 Å². The van der Waals surface area contributed by atoms with Gasteiger partial charge in [0.05, 0.1) is 5.60 Å². The highest BCUT2D eigenvalue weighted by molar-refractivity contribution is 5.84. The van der Waals surface area contributed by atoms with Crippen LogP contribution in [0.5, 0.6) is 0 Å². The lowest BCUT2D eigenvalue weighted by atomic mass is 9.80. The summed E-state index contributed by atoms with van der Waals surface area (Å²) in [5.41, 5.74) is -0.725. The average molecular weight is 372 g/mol.